The number of nitrogens with two attached hydrogens (primary N) is 1. The first kappa shape index (κ1) is 12.6. The molecule has 0 aliphatic heterocycles. The molecule has 0 heterocycles. The van der Waals surface area contributed by atoms with Crippen molar-refractivity contribution in [3.63, 3.8) is 0 Å². The molecule has 3 N–H and O–H groups in total. The summed E-state index contributed by atoms with van der Waals surface area (Å²) in [4.78, 5) is 12.0. The number of rotatable bonds is 4. The van der Waals surface area contributed by atoms with Crippen LogP contribution in [0.3, 0.4) is 0 Å². The Balaban J connectivity index is 2.59. The number of hydrogen-bond acceptors (Lipinski definition) is 2. The van der Waals surface area contributed by atoms with Crippen molar-refractivity contribution in [3.8, 4) is 0 Å². The molecule has 16 heavy (non-hydrogen) atoms. The predicted molar refractivity (Wildman–Crippen MR) is 70.4 cm³/mol. The van der Waals surface area contributed by atoms with E-state index in [1.54, 1.807) is 0 Å². The van der Waals surface area contributed by atoms with Crippen LogP contribution in [-0.2, 0) is 4.79 Å². The van der Waals surface area contributed by atoms with Gasteiger partial charge in [-0.25, -0.2) is 0 Å². The van der Waals surface area contributed by atoms with Crippen LogP contribution in [-0.4, -0.2) is 10.9 Å². The second-order valence-electron chi connectivity index (χ2n) is 3.87. The quantitative estimate of drug-likeness (QED) is 0.788. The number of thiocarbonyl (C=S) groups is 1. The minimum atomic E-state index is -0.0704. The molecular formula is C12H16N2OS. The minimum Gasteiger partial charge on any atom is -0.393 e. The molecule has 1 atom stereocenters. The first-order chi connectivity index (χ1) is 7.50. The van der Waals surface area contributed by atoms with E-state index in [0.29, 0.717) is 11.4 Å². The molecule has 0 radical (unpaired) electrons. The van der Waals surface area contributed by atoms with E-state index in [2.05, 4.69) is 5.32 Å². The molecule has 1 aromatic rings. The van der Waals surface area contributed by atoms with E-state index >= 15 is 0 Å². The third kappa shape index (κ3) is 3.62. The van der Waals surface area contributed by atoms with Gasteiger partial charge in [-0.05, 0) is 18.6 Å². The normalized spacial score (nSPS) is 11.9. The van der Waals surface area contributed by atoms with Gasteiger partial charge in [0, 0.05) is 18.0 Å². The number of aryl methyl sites for hydroxylation is 1. The number of benzene rings is 1. The van der Waals surface area contributed by atoms with Gasteiger partial charge in [0.2, 0.25) is 5.91 Å². The molecule has 0 saturated carbocycles. The van der Waals surface area contributed by atoms with E-state index in [-0.39, 0.29) is 11.8 Å². The molecule has 0 spiro atoms. The second-order valence-corrected chi connectivity index (χ2v) is 4.34. The Morgan fingerprint density at radius 1 is 1.50 bits per heavy atom. The van der Waals surface area contributed by atoms with Crippen LogP contribution in [0.25, 0.3) is 0 Å². The van der Waals surface area contributed by atoms with Gasteiger partial charge in [-0.3, -0.25) is 4.79 Å². The second kappa shape index (κ2) is 5.61. The molecule has 3 nitrogen and oxygen atoms in total. The summed E-state index contributed by atoms with van der Waals surface area (Å²) in [6.45, 7) is 3.80. The van der Waals surface area contributed by atoms with Crippen LogP contribution in [0.5, 0.6) is 0 Å². The van der Waals surface area contributed by atoms with Crippen molar-refractivity contribution in [1.82, 2.24) is 0 Å². The molecule has 0 aromatic heterocycles. The number of hydrogen-bond donors (Lipinski definition) is 2. The van der Waals surface area contributed by atoms with Crippen LogP contribution in [0, 0.1) is 12.8 Å². The van der Waals surface area contributed by atoms with E-state index in [4.69, 9.17) is 18.0 Å². The Kier molecular flexibility index (Phi) is 4.43. The molecule has 1 amide bonds. The van der Waals surface area contributed by atoms with Crippen molar-refractivity contribution in [3.05, 3.63) is 29.8 Å². The largest absolute Gasteiger partial charge is 0.393 e. The minimum absolute atomic E-state index is 0.0606. The molecule has 86 valence electrons. The van der Waals surface area contributed by atoms with E-state index in [0.717, 1.165) is 11.3 Å². The van der Waals surface area contributed by atoms with E-state index in [1.165, 1.54) is 0 Å². The van der Waals surface area contributed by atoms with Gasteiger partial charge in [0.15, 0.2) is 0 Å². The zero-order valence-electron chi connectivity index (χ0n) is 9.49. The lowest BCUT2D eigenvalue weighted by molar-refractivity contribution is -0.116. The van der Waals surface area contributed by atoms with Crippen LogP contribution < -0.4 is 11.1 Å². The molecule has 1 rings (SSSR count). The standard InChI is InChI=1S/C12H16N2OS/c1-8-5-3-4-6-10(8)14-11(15)7-9(2)12(13)16/h3-6,9H,7H2,1-2H3,(H2,13,16)(H,14,15). The highest BCUT2D eigenvalue weighted by molar-refractivity contribution is 7.80. The lowest BCUT2D eigenvalue weighted by atomic mass is 10.1. The van der Waals surface area contributed by atoms with Gasteiger partial charge < -0.3 is 11.1 Å². The lowest BCUT2D eigenvalue weighted by Gasteiger charge is -2.11. The Labute approximate surface area is 101 Å². The molecular weight excluding hydrogens is 220 g/mol. The average molecular weight is 236 g/mol. The highest BCUT2D eigenvalue weighted by Crippen LogP contribution is 2.14. The topological polar surface area (TPSA) is 55.1 Å². The van der Waals surface area contributed by atoms with Crippen LogP contribution in [0.2, 0.25) is 0 Å². The first-order valence-electron chi connectivity index (χ1n) is 5.15. The maximum atomic E-state index is 11.7. The molecule has 1 aromatic carbocycles. The maximum absolute atomic E-state index is 11.7. The Bertz CT molecular complexity index is 404. The molecule has 0 aliphatic carbocycles. The van der Waals surface area contributed by atoms with Crippen molar-refractivity contribution < 1.29 is 4.79 Å². The van der Waals surface area contributed by atoms with Gasteiger partial charge in [0.25, 0.3) is 0 Å². The van der Waals surface area contributed by atoms with Crippen molar-refractivity contribution in [1.29, 1.82) is 0 Å². The van der Waals surface area contributed by atoms with Crippen molar-refractivity contribution in [2.75, 3.05) is 5.32 Å². The summed E-state index contributed by atoms with van der Waals surface area (Å²) in [6.07, 6.45) is 0.323. The zero-order chi connectivity index (χ0) is 12.1. The molecule has 4 heteroatoms. The van der Waals surface area contributed by atoms with Gasteiger partial charge in [-0.1, -0.05) is 37.3 Å². The molecule has 0 fully saturated rings. The highest BCUT2D eigenvalue weighted by atomic mass is 32.1. The number of amides is 1. The van der Waals surface area contributed by atoms with E-state index in [1.807, 2.05) is 38.1 Å². The summed E-state index contributed by atoms with van der Waals surface area (Å²) in [5, 5.41) is 2.84. The number of anilines is 1. The molecule has 0 saturated heterocycles. The fourth-order valence-electron chi connectivity index (χ4n) is 1.29. The molecule has 0 bridgehead atoms. The Hall–Kier alpha value is -1.42. The fourth-order valence-corrected chi connectivity index (χ4v) is 1.38. The Morgan fingerprint density at radius 2 is 2.12 bits per heavy atom. The summed E-state index contributed by atoms with van der Waals surface area (Å²) < 4.78 is 0. The van der Waals surface area contributed by atoms with Gasteiger partial charge in [-0.2, -0.15) is 0 Å². The van der Waals surface area contributed by atoms with E-state index < -0.39 is 0 Å². The monoisotopic (exact) mass is 236 g/mol. The summed E-state index contributed by atoms with van der Waals surface area (Å²) >= 11 is 4.82. The number of nitrogens with one attached hydrogen (secondary N) is 1. The highest BCUT2D eigenvalue weighted by Gasteiger charge is 2.11. The summed E-state index contributed by atoms with van der Waals surface area (Å²) in [6, 6.07) is 7.65. The third-order valence-electron chi connectivity index (χ3n) is 2.40. The van der Waals surface area contributed by atoms with Crippen LogP contribution in [0.15, 0.2) is 24.3 Å². The predicted octanol–water partition coefficient (Wildman–Crippen LogP) is 2.25. The first-order valence-corrected chi connectivity index (χ1v) is 5.56. The fraction of sp³-hybridized carbons (Fsp3) is 0.333. The van der Waals surface area contributed by atoms with Gasteiger partial charge in [0.1, 0.15) is 0 Å². The van der Waals surface area contributed by atoms with Crippen molar-refractivity contribution in [2.45, 2.75) is 20.3 Å². The van der Waals surface area contributed by atoms with Gasteiger partial charge in [0.05, 0.1) is 4.99 Å². The summed E-state index contributed by atoms with van der Waals surface area (Å²) in [5.41, 5.74) is 7.34. The zero-order valence-corrected chi connectivity index (χ0v) is 10.3. The number of carbonyl (C=O) groups is 1. The maximum Gasteiger partial charge on any atom is 0.225 e. The Morgan fingerprint density at radius 3 is 2.69 bits per heavy atom. The van der Waals surface area contributed by atoms with Crippen LogP contribution in [0.1, 0.15) is 18.9 Å². The summed E-state index contributed by atoms with van der Waals surface area (Å²) in [5.74, 6) is -0.131. The average Bonchev–Trinajstić information content (AvgIpc) is 2.21. The van der Waals surface area contributed by atoms with Crippen LogP contribution >= 0.6 is 12.2 Å². The third-order valence-corrected chi connectivity index (χ3v) is 2.80. The van der Waals surface area contributed by atoms with Gasteiger partial charge in [-0.15, -0.1) is 0 Å². The van der Waals surface area contributed by atoms with Crippen molar-refractivity contribution >= 4 is 28.8 Å². The van der Waals surface area contributed by atoms with Crippen molar-refractivity contribution in [2.24, 2.45) is 11.7 Å². The summed E-state index contributed by atoms with van der Waals surface area (Å²) in [7, 11) is 0. The lowest BCUT2D eigenvalue weighted by Crippen LogP contribution is -2.24. The molecule has 0 aliphatic rings. The van der Waals surface area contributed by atoms with Crippen LogP contribution in [0.4, 0.5) is 5.69 Å². The van der Waals surface area contributed by atoms with E-state index in [9.17, 15) is 4.79 Å². The number of carbonyl (C=O) groups excluding carboxylic acids is 1. The SMILES string of the molecule is Cc1ccccc1NC(=O)CC(C)C(N)=S. The smallest absolute Gasteiger partial charge is 0.225 e. The van der Waals surface area contributed by atoms with Gasteiger partial charge >= 0.3 is 0 Å². The molecule has 1 unspecified atom stereocenters. The number of para-hydroxylation sites is 1.